The van der Waals surface area contributed by atoms with Gasteiger partial charge in [0.25, 0.3) is 0 Å². The van der Waals surface area contributed by atoms with E-state index in [0.717, 1.165) is 42.3 Å². The summed E-state index contributed by atoms with van der Waals surface area (Å²) < 4.78 is 0. The molecule has 0 spiro atoms. The lowest BCUT2D eigenvalue weighted by molar-refractivity contribution is -0.0820. The Kier molecular flexibility index (Phi) is 2.40. The first-order valence-corrected chi connectivity index (χ1v) is 7.88. The summed E-state index contributed by atoms with van der Waals surface area (Å²) in [6.07, 6.45) is 7.42. The summed E-state index contributed by atoms with van der Waals surface area (Å²) in [6, 6.07) is 7.54. The molecular weight excluding hydrogens is 246 g/mol. The number of benzene rings is 1. The van der Waals surface area contributed by atoms with Crippen molar-refractivity contribution in [3.63, 3.8) is 0 Å². The van der Waals surface area contributed by atoms with Crippen molar-refractivity contribution in [3.05, 3.63) is 29.8 Å². The fourth-order valence-corrected chi connectivity index (χ4v) is 5.93. The maximum atomic E-state index is 13.1. The lowest BCUT2D eigenvalue weighted by Gasteiger charge is -2.60. The van der Waals surface area contributed by atoms with Crippen LogP contribution in [0, 0.1) is 22.7 Å². The van der Waals surface area contributed by atoms with E-state index in [-0.39, 0.29) is 5.41 Å². The van der Waals surface area contributed by atoms with E-state index in [1.807, 2.05) is 24.3 Å². The van der Waals surface area contributed by atoms with E-state index in [1.54, 1.807) is 0 Å². The normalized spacial score (nSPS) is 41.9. The van der Waals surface area contributed by atoms with Crippen molar-refractivity contribution >= 4 is 11.5 Å². The molecule has 20 heavy (non-hydrogen) atoms. The molecule has 2 heteroatoms. The lowest BCUT2D eigenvalue weighted by atomic mass is 9.43. The van der Waals surface area contributed by atoms with E-state index in [0.29, 0.717) is 11.2 Å². The molecule has 5 rings (SSSR count). The van der Waals surface area contributed by atoms with E-state index in [9.17, 15) is 4.79 Å². The number of carbonyl (C=O) groups excluding carboxylic acids is 1. The van der Waals surface area contributed by atoms with Gasteiger partial charge in [-0.05, 0) is 80.0 Å². The van der Waals surface area contributed by atoms with Gasteiger partial charge in [-0.1, -0.05) is 6.92 Å². The minimum absolute atomic E-state index is 0.0606. The Labute approximate surface area is 120 Å². The number of ketones is 1. The molecule has 2 atom stereocenters. The molecule has 2 unspecified atom stereocenters. The maximum Gasteiger partial charge on any atom is 0.169 e. The molecule has 0 aliphatic heterocycles. The van der Waals surface area contributed by atoms with Crippen LogP contribution in [-0.4, -0.2) is 5.78 Å². The van der Waals surface area contributed by atoms with E-state index < -0.39 is 0 Å². The molecule has 1 aromatic rings. The molecule has 0 heterocycles. The molecule has 1 aromatic carbocycles. The third kappa shape index (κ3) is 1.73. The minimum Gasteiger partial charge on any atom is -0.399 e. The van der Waals surface area contributed by atoms with Crippen LogP contribution < -0.4 is 5.73 Å². The van der Waals surface area contributed by atoms with Gasteiger partial charge < -0.3 is 5.73 Å². The standard InChI is InChI=1S/C18H23NO/c1-17-7-12-6-13(8-17)10-18(9-12,11-17)16(20)14-2-4-15(19)5-3-14/h2-5,12-13H,6-11,19H2,1H3. The highest BCUT2D eigenvalue weighted by Gasteiger charge is 2.58. The number of Topliss-reactive ketones (excluding diaryl/α,β-unsaturated/α-hetero) is 1. The van der Waals surface area contributed by atoms with E-state index in [2.05, 4.69) is 6.92 Å². The summed E-state index contributed by atoms with van der Waals surface area (Å²) in [5.41, 5.74) is 7.71. The van der Waals surface area contributed by atoms with E-state index in [4.69, 9.17) is 5.73 Å². The summed E-state index contributed by atoms with van der Waals surface area (Å²) in [5.74, 6) is 1.97. The summed E-state index contributed by atoms with van der Waals surface area (Å²) in [5, 5.41) is 0. The fraction of sp³-hybridized carbons (Fsp3) is 0.611. The average molecular weight is 269 g/mol. The number of carbonyl (C=O) groups is 1. The Morgan fingerprint density at radius 1 is 1.10 bits per heavy atom. The van der Waals surface area contributed by atoms with Crippen molar-refractivity contribution in [2.45, 2.75) is 45.4 Å². The highest BCUT2D eigenvalue weighted by atomic mass is 16.1. The Morgan fingerprint density at radius 3 is 2.25 bits per heavy atom. The van der Waals surface area contributed by atoms with Crippen LogP contribution in [0.15, 0.2) is 24.3 Å². The predicted molar refractivity (Wildman–Crippen MR) is 80.4 cm³/mol. The molecule has 106 valence electrons. The molecule has 4 fully saturated rings. The lowest BCUT2D eigenvalue weighted by Crippen LogP contribution is -2.54. The summed E-state index contributed by atoms with van der Waals surface area (Å²) in [4.78, 5) is 13.1. The van der Waals surface area contributed by atoms with E-state index in [1.165, 1.54) is 19.3 Å². The van der Waals surface area contributed by atoms with Crippen molar-refractivity contribution < 1.29 is 4.79 Å². The van der Waals surface area contributed by atoms with Gasteiger partial charge >= 0.3 is 0 Å². The Balaban J connectivity index is 1.70. The fourth-order valence-electron chi connectivity index (χ4n) is 5.93. The Bertz CT molecular complexity index is 545. The SMILES string of the molecule is CC12CC3CC(C1)CC(C(=O)c1ccc(N)cc1)(C3)C2. The number of nitrogens with two attached hydrogens (primary N) is 1. The van der Waals surface area contributed by atoms with Gasteiger partial charge in [-0.2, -0.15) is 0 Å². The number of nitrogen functional groups attached to an aromatic ring is 1. The van der Waals surface area contributed by atoms with Crippen LogP contribution in [0.5, 0.6) is 0 Å². The molecule has 4 aliphatic rings. The summed E-state index contributed by atoms with van der Waals surface area (Å²) in [6.45, 7) is 2.41. The molecular formula is C18H23NO. The van der Waals surface area contributed by atoms with Crippen LogP contribution in [-0.2, 0) is 0 Å². The first-order chi connectivity index (χ1) is 9.48. The van der Waals surface area contributed by atoms with Crippen LogP contribution in [0.2, 0.25) is 0 Å². The van der Waals surface area contributed by atoms with Gasteiger partial charge in [0.1, 0.15) is 0 Å². The Morgan fingerprint density at radius 2 is 1.70 bits per heavy atom. The molecule has 4 saturated carbocycles. The van der Waals surface area contributed by atoms with Gasteiger partial charge in [-0.15, -0.1) is 0 Å². The predicted octanol–water partition coefficient (Wildman–Crippen LogP) is 4.06. The van der Waals surface area contributed by atoms with Gasteiger partial charge in [0.15, 0.2) is 5.78 Å². The molecule has 0 amide bonds. The molecule has 4 aliphatic carbocycles. The highest BCUT2D eigenvalue weighted by molar-refractivity contribution is 6.01. The molecule has 2 nitrogen and oxygen atoms in total. The molecule has 4 bridgehead atoms. The molecule has 0 radical (unpaired) electrons. The zero-order chi connectivity index (χ0) is 14.0. The van der Waals surface area contributed by atoms with Gasteiger partial charge in [0.2, 0.25) is 0 Å². The van der Waals surface area contributed by atoms with Crippen LogP contribution in [0.25, 0.3) is 0 Å². The monoisotopic (exact) mass is 269 g/mol. The first-order valence-electron chi connectivity index (χ1n) is 7.88. The van der Waals surface area contributed by atoms with Gasteiger partial charge in [0, 0.05) is 16.7 Å². The average Bonchev–Trinajstić information content (AvgIpc) is 2.36. The quantitative estimate of drug-likeness (QED) is 0.650. The van der Waals surface area contributed by atoms with Crippen molar-refractivity contribution in [2.24, 2.45) is 22.7 Å². The third-order valence-electron chi connectivity index (χ3n) is 6.01. The van der Waals surface area contributed by atoms with Gasteiger partial charge in [-0.3, -0.25) is 4.79 Å². The largest absolute Gasteiger partial charge is 0.399 e. The second-order valence-corrected chi connectivity index (χ2v) is 8.00. The maximum absolute atomic E-state index is 13.1. The van der Waals surface area contributed by atoms with Crippen molar-refractivity contribution in [2.75, 3.05) is 5.73 Å². The van der Waals surface area contributed by atoms with Crippen LogP contribution in [0.1, 0.15) is 55.8 Å². The minimum atomic E-state index is -0.0606. The van der Waals surface area contributed by atoms with Crippen LogP contribution in [0.4, 0.5) is 5.69 Å². The number of hydrogen-bond acceptors (Lipinski definition) is 2. The second kappa shape index (κ2) is 3.87. The van der Waals surface area contributed by atoms with Crippen molar-refractivity contribution in [1.82, 2.24) is 0 Å². The summed E-state index contributed by atoms with van der Waals surface area (Å²) >= 11 is 0. The van der Waals surface area contributed by atoms with Gasteiger partial charge in [-0.25, -0.2) is 0 Å². The topological polar surface area (TPSA) is 43.1 Å². The third-order valence-corrected chi connectivity index (χ3v) is 6.01. The van der Waals surface area contributed by atoms with E-state index >= 15 is 0 Å². The van der Waals surface area contributed by atoms with Crippen LogP contribution >= 0.6 is 0 Å². The van der Waals surface area contributed by atoms with Crippen molar-refractivity contribution in [1.29, 1.82) is 0 Å². The Hall–Kier alpha value is -1.31. The van der Waals surface area contributed by atoms with Gasteiger partial charge in [0.05, 0.1) is 0 Å². The second-order valence-electron chi connectivity index (χ2n) is 8.00. The van der Waals surface area contributed by atoms with Crippen LogP contribution in [0.3, 0.4) is 0 Å². The molecule has 0 aromatic heterocycles. The van der Waals surface area contributed by atoms with Crippen molar-refractivity contribution in [3.8, 4) is 0 Å². The molecule has 0 saturated heterocycles. The number of rotatable bonds is 2. The highest BCUT2D eigenvalue weighted by Crippen LogP contribution is 2.65. The first kappa shape index (κ1) is 12.4. The molecule has 2 N–H and O–H groups in total. The summed E-state index contributed by atoms with van der Waals surface area (Å²) in [7, 11) is 0. The number of anilines is 1. The number of hydrogen-bond donors (Lipinski definition) is 1. The zero-order valence-corrected chi connectivity index (χ0v) is 12.2. The smallest absolute Gasteiger partial charge is 0.169 e. The zero-order valence-electron chi connectivity index (χ0n) is 12.2.